The number of nitrogens with one attached hydrogen (secondary N) is 1. The molecule has 4 aromatic rings. The SMILES string of the molecule is O=C(Cc1c(-c2ccc(Cl)cc2)nc2c(Cl)cc(Cl)cn12)NC(Cc1ccc(O)c(O)c1)C(=O)O. The molecule has 0 saturated carbocycles. The van der Waals surface area contributed by atoms with Crippen LogP contribution in [0.4, 0.5) is 0 Å². The molecule has 0 aliphatic heterocycles. The van der Waals surface area contributed by atoms with E-state index >= 15 is 0 Å². The van der Waals surface area contributed by atoms with E-state index in [0.29, 0.717) is 38.2 Å². The Kier molecular flexibility index (Phi) is 7.07. The molecule has 2 aromatic carbocycles. The van der Waals surface area contributed by atoms with Crippen LogP contribution in [0.5, 0.6) is 11.5 Å². The van der Waals surface area contributed by atoms with Gasteiger partial charge in [-0.05, 0) is 35.9 Å². The van der Waals surface area contributed by atoms with Crippen molar-refractivity contribution < 1.29 is 24.9 Å². The standard InChI is InChI=1S/C24H18Cl3N3O5/c25-14-4-2-13(3-5-14)22-18(30-11-15(26)9-16(27)23(30)29-22)10-21(33)28-17(24(34)35)7-12-1-6-19(31)20(32)8-12/h1-6,8-9,11,17,31-32H,7,10H2,(H,28,33)(H,34,35). The molecule has 0 fully saturated rings. The first kappa shape index (κ1) is 24.7. The van der Waals surface area contributed by atoms with Crippen molar-refractivity contribution in [2.24, 2.45) is 0 Å². The highest BCUT2D eigenvalue weighted by Crippen LogP contribution is 2.31. The van der Waals surface area contributed by atoms with Gasteiger partial charge in [-0.15, -0.1) is 0 Å². The van der Waals surface area contributed by atoms with Crippen LogP contribution in [0.2, 0.25) is 15.1 Å². The summed E-state index contributed by atoms with van der Waals surface area (Å²) in [4.78, 5) is 29.4. The summed E-state index contributed by atoms with van der Waals surface area (Å²) < 4.78 is 1.60. The summed E-state index contributed by atoms with van der Waals surface area (Å²) in [6.07, 6.45) is 1.25. The van der Waals surface area contributed by atoms with Gasteiger partial charge in [0.05, 0.1) is 27.9 Å². The first-order chi connectivity index (χ1) is 16.6. The molecule has 0 aliphatic rings. The van der Waals surface area contributed by atoms with Gasteiger partial charge >= 0.3 is 5.97 Å². The number of benzene rings is 2. The van der Waals surface area contributed by atoms with Crippen molar-refractivity contribution in [3.8, 4) is 22.8 Å². The average molecular weight is 535 g/mol. The van der Waals surface area contributed by atoms with Gasteiger partial charge < -0.3 is 25.0 Å². The number of halogens is 3. The Morgan fingerprint density at radius 2 is 1.69 bits per heavy atom. The van der Waals surface area contributed by atoms with E-state index in [1.54, 1.807) is 34.9 Å². The Morgan fingerprint density at radius 1 is 0.971 bits per heavy atom. The second kappa shape index (κ2) is 10.0. The number of aromatic nitrogens is 2. The fourth-order valence-electron chi connectivity index (χ4n) is 3.66. The number of carboxylic acid groups (broad SMARTS) is 1. The highest BCUT2D eigenvalue weighted by Gasteiger charge is 2.24. The number of rotatable bonds is 7. The minimum absolute atomic E-state index is 0.107. The van der Waals surface area contributed by atoms with Crippen molar-refractivity contribution >= 4 is 52.3 Å². The molecule has 8 nitrogen and oxygen atoms in total. The van der Waals surface area contributed by atoms with Crippen molar-refractivity contribution in [2.45, 2.75) is 18.9 Å². The van der Waals surface area contributed by atoms with Crippen LogP contribution >= 0.6 is 34.8 Å². The maximum atomic E-state index is 13.0. The summed E-state index contributed by atoms with van der Waals surface area (Å²) in [5, 5.41) is 32.5. The number of fused-ring (bicyclic) bond motifs is 1. The third-order valence-electron chi connectivity index (χ3n) is 5.30. The third kappa shape index (κ3) is 5.45. The van der Waals surface area contributed by atoms with Gasteiger partial charge in [-0.1, -0.05) is 53.0 Å². The molecule has 4 rings (SSSR count). The number of hydrogen-bond acceptors (Lipinski definition) is 5. The van der Waals surface area contributed by atoms with Gasteiger partial charge in [-0.25, -0.2) is 9.78 Å². The van der Waals surface area contributed by atoms with Gasteiger partial charge in [0, 0.05) is 23.2 Å². The molecule has 1 amide bonds. The fraction of sp³-hybridized carbons (Fsp3) is 0.125. The van der Waals surface area contributed by atoms with Crippen LogP contribution in [0.3, 0.4) is 0 Å². The molecule has 1 unspecified atom stereocenters. The van der Waals surface area contributed by atoms with Crippen molar-refractivity contribution in [1.82, 2.24) is 14.7 Å². The van der Waals surface area contributed by atoms with Gasteiger partial charge in [-0.2, -0.15) is 0 Å². The second-order valence-corrected chi connectivity index (χ2v) is 9.06. The number of pyridine rings is 1. The first-order valence-electron chi connectivity index (χ1n) is 10.3. The number of carbonyl (C=O) groups excluding carboxylic acids is 1. The van der Waals surface area contributed by atoms with E-state index in [2.05, 4.69) is 10.3 Å². The third-order valence-corrected chi connectivity index (χ3v) is 6.04. The Morgan fingerprint density at radius 3 is 2.34 bits per heavy atom. The molecule has 35 heavy (non-hydrogen) atoms. The van der Waals surface area contributed by atoms with Crippen LogP contribution < -0.4 is 5.32 Å². The lowest BCUT2D eigenvalue weighted by Gasteiger charge is -2.15. The summed E-state index contributed by atoms with van der Waals surface area (Å²) in [7, 11) is 0. The number of phenols is 2. The molecular weight excluding hydrogens is 517 g/mol. The predicted molar refractivity (Wildman–Crippen MR) is 132 cm³/mol. The molecule has 0 radical (unpaired) electrons. The lowest BCUT2D eigenvalue weighted by molar-refractivity contribution is -0.141. The number of imidazole rings is 1. The minimum atomic E-state index is -1.28. The quantitative estimate of drug-likeness (QED) is 0.254. The van der Waals surface area contributed by atoms with Crippen molar-refractivity contribution in [3.63, 3.8) is 0 Å². The van der Waals surface area contributed by atoms with Gasteiger partial charge in [0.1, 0.15) is 6.04 Å². The summed E-state index contributed by atoms with van der Waals surface area (Å²) in [5.74, 6) is -2.55. The van der Waals surface area contributed by atoms with E-state index in [1.165, 1.54) is 24.3 Å². The zero-order chi connectivity index (χ0) is 25.3. The first-order valence-corrected chi connectivity index (χ1v) is 11.4. The van der Waals surface area contributed by atoms with E-state index in [0.717, 1.165) is 0 Å². The van der Waals surface area contributed by atoms with Crippen molar-refractivity contribution in [3.05, 3.63) is 81.1 Å². The molecule has 0 saturated heterocycles. The van der Waals surface area contributed by atoms with E-state index in [1.807, 2.05) is 0 Å². The number of amides is 1. The van der Waals surface area contributed by atoms with Gasteiger partial charge in [0.2, 0.25) is 5.91 Å². The number of carboxylic acids is 1. The van der Waals surface area contributed by atoms with Crippen molar-refractivity contribution in [1.29, 1.82) is 0 Å². The van der Waals surface area contributed by atoms with Crippen LogP contribution in [-0.2, 0) is 22.4 Å². The highest BCUT2D eigenvalue weighted by atomic mass is 35.5. The molecule has 0 spiro atoms. The zero-order valence-electron chi connectivity index (χ0n) is 17.9. The predicted octanol–water partition coefficient (Wildman–Crippen LogP) is 4.73. The number of carbonyl (C=O) groups is 2. The Hall–Kier alpha value is -3.46. The molecule has 1 atom stereocenters. The highest BCUT2D eigenvalue weighted by molar-refractivity contribution is 6.36. The molecule has 4 N–H and O–H groups in total. The number of aliphatic carboxylic acids is 1. The van der Waals surface area contributed by atoms with E-state index in [-0.39, 0.29) is 29.4 Å². The van der Waals surface area contributed by atoms with Gasteiger partial charge in [0.25, 0.3) is 0 Å². The minimum Gasteiger partial charge on any atom is -0.504 e. The van der Waals surface area contributed by atoms with Crippen LogP contribution in [0, 0.1) is 0 Å². The van der Waals surface area contributed by atoms with E-state index in [9.17, 15) is 24.9 Å². The maximum absolute atomic E-state index is 13.0. The Balaban J connectivity index is 1.66. The summed E-state index contributed by atoms with van der Waals surface area (Å²) in [5.41, 5.74) is 2.41. The molecule has 0 aliphatic carbocycles. The summed E-state index contributed by atoms with van der Waals surface area (Å²) in [6, 6.07) is 11.1. The smallest absolute Gasteiger partial charge is 0.326 e. The molecule has 11 heteroatoms. The fourth-order valence-corrected chi connectivity index (χ4v) is 4.30. The van der Waals surface area contributed by atoms with Crippen LogP contribution in [0.15, 0.2) is 54.7 Å². The molecule has 2 heterocycles. The molecule has 0 bridgehead atoms. The van der Waals surface area contributed by atoms with Crippen LogP contribution in [0.1, 0.15) is 11.3 Å². The van der Waals surface area contributed by atoms with E-state index in [4.69, 9.17) is 34.8 Å². The molecular formula is C24H18Cl3N3O5. The van der Waals surface area contributed by atoms with Gasteiger partial charge in [-0.3, -0.25) is 4.79 Å². The monoisotopic (exact) mass is 533 g/mol. The number of hydrogen-bond donors (Lipinski definition) is 4. The lowest BCUT2D eigenvalue weighted by atomic mass is 10.0. The zero-order valence-corrected chi connectivity index (χ0v) is 20.1. The molecule has 180 valence electrons. The van der Waals surface area contributed by atoms with Crippen molar-refractivity contribution in [2.75, 3.05) is 0 Å². The van der Waals surface area contributed by atoms with Crippen LogP contribution in [0.25, 0.3) is 16.9 Å². The lowest BCUT2D eigenvalue weighted by Crippen LogP contribution is -2.43. The van der Waals surface area contributed by atoms with Crippen LogP contribution in [-0.4, -0.2) is 42.6 Å². The van der Waals surface area contributed by atoms with Gasteiger partial charge in [0.15, 0.2) is 17.1 Å². The summed E-state index contributed by atoms with van der Waals surface area (Å²) >= 11 is 18.5. The maximum Gasteiger partial charge on any atom is 0.326 e. The van der Waals surface area contributed by atoms with E-state index < -0.39 is 17.9 Å². The topological polar surface area (TPSA) is 124 Å². The Labute approximate surface area is 214 Å². The normalized spacial score (nSPS) is 12.0. The summed E-state index contributed by atoms with van der Waals surface area (Å²) in [6.45, 7) is 0. The number of aromatic hydroxyl groups is 2. The Bertz CT molecular complexity index is 1440. The average Bonchev–Trinajstić information content (AvgIpc) is 3.14. The second-order valence-electron chi connectivity index (χ2n) is 7.78. The largest absolute Gasteiger partial charge is 0.504 e. The number of nitrogens with zero attached hydrogens (tertiary/aromatic N) is 2. The number of phenolic OH excluding ortho intramolecular Hbond substituents is 2. The molecule has 2 aromatic heterocycles.